The Hall–Kier alpha value is -7.10. The molecule has 0 fully saturated rings. The third kappa shape index (κ3) is 7.68. The lowest BCUT2D eigenvalue weighted by atomic mass is 9.91. The number of fused-ring (bicyclic) bond motifs is 3. The summed E-state index contributed by atoms with van der Waals surface area (Å²) < 4.78 is 0. The number of rotatable bonds is 10. The first-order valence-corrected chi connectivity index (χ1v) is 20.2. The maximum absolute atomic E-state index is 5.33. The molecule has 3 nitrogen and oxygen atoms in total. The molecule has 2 aliphatic carbocycles. The topological polar surface area (TPSA) is 37.8 Å². The van der Waals surface area contributed by atoms with Crippen LogP contribution in [0.25, 0.3) is 62.2 Å². The van der Waals surface area contributed by atoms with Gasteiger partial charge in [-0.05, 0) is 101 Å². The lowest BCUT2D eigenvalue weighted by Crippen LogP contribution is -2.01. The molecule has 7 aromatic rings. The SMILES string of the molecule is Cc1cc(N/C=C/C=C(\C=C/c2ccc(-c3ccccc3)cc2)C2=CC=CCC2)ccc1-c1c(C)cccc1-c1nc(-c2ccccc2)c2c(n1)-c1ccccc1C2. The average Bonchev–Trinajstić information content (AvgIpc) is 3.66. The smallest absolute Gasteiger partial charge is 0.161 e. The van der Waals surface area contributed by atoms with E-state index in [4.69, 9.17) is 9.97 Å². The predicted molar refractivity (Wildman–Crippen MR) is 244 cm³/mol. The summed E-state index contributed by atoms with van der Waals surface area (Å²) in [5, 5.41) is 3.53. The molecule has 58 heavy (non-hydrogen) atoms. The lowest BCUT2D eigenvalue weighted by Gasteiger charge is -2.17. The molecule has 9 rings (SSSR count). The number of nitrogens with one attached hydrogen (secondary N) is 1. The Kier molecular flexibility index (Phi) is 10.4. The molecular weight excluding hydrogens is 703 g/mol. The van der Waals surface area contributed by atoms with Crippen LogP contribution in [0.3, 0.4) is 0 Å². The number of hydrogen-bond acceptors (Lipinski definition) is 3. The molecule has 0 amide bonds. The molecule has 0 unspecified atom stereocenters. The van der Waals surface area contributed by atoms with Gasteiger partial charge in [0.1, 0.15) is 0 Å². The fourth-order valence-corrected chi connectivity index (χ4v) is 8.18. The Morgan fingerprint density at radius 1 is 0.638 bits per heavy atom. The van der Waals surface area contributed by atoms with E-state index in [9.17, 15) is 0 Å². The van der Waals surface area contributed by atoms with Crippen LogP contribution in [0.5, 0.6) is 0 Å². The number of anilines is 1. The summed E-state index contributed by atoms with van der Waals surface area (Å²) in [6, 6.07) is 51.5. The van der Waals surface area contributed by atoms with Crippen molar-refractivity contribution in [2.24, 2.45) is 0 Å². The Morgan fingerprint density at radius 2 is 1.36 bits per heavy atom. The zero-order valence-electron chi connectivity index (χ0n) is 33.0. The molecule has 0 bridgehead atoms. The van der Waals surface area contributed by atoms with Crippen molar-refractivity contribution in [1.29, 1.82) is 0 Å². The molecule has 3 heteroatoms. The third-order valence-electron chi connectivity index (χ3n) is 11.2. The van der Waals surface area contributed by atoms with Crippen LogP contribution in [0.4, 0.5) is 5.69 Å². The summed E-state index contributed by atoms with van der Waals surface area (Å²) in [5.74, 6) is 0.752. The van der Waals surface area contributed by atoms with Crippen LogP contribution in [0.2, 0.25) is 0 Å². The second kappa shape index (κ2) is 16.6. The van der Waals surface area contributed by atoms with Gasteiger partial charge in [0, 0.05) is 40.6 Å². The van der Waals surface area contributed by atoms with E-state index in [0.29, 0.717) is 0 Å². The van der Waals surface area contributed by atoms with Crippen molar-refractivity contribution in [3.8, 4) is 56.2 Å². The van der Waals surface area contributed by atoms with Crippen LogP contribution < -0.4 is 5.32 Å². The highest BCUT2D eigenvalue weighted by atomic mass is 14.9. The first-order valence-electron chi connectivity index (χ1n) is 20.2. The fraction of sp³-hybridized carbons (Fsp3) is 0.0909. The molecule has 0 saturated carbocycles. The zero-order valence-corrected chi connectivity index (χ0v) is 33.0. The standard InChI is InChI=1S/C55H45N3/c1-38-16-14-26-50(55-57-53(45-21-10-5-11-22-45)51-37-46-23-12-13-25-49(46)54(51)58-55)52(38)48-34-33-47(36-39(48)2)56-35-15-24-43(41-17-6-3-7-18-41)30-27-40-28-31-44(32-29-40)42-19-8-4-9-20-42/h3-6,8-17,19-36,56H,7,18,37H2,1-2H3/b30-27-,35-15+,43-24+. The lowest BCUT2D eigenvalue weighted by molar-refractivity contribution is 0.978. The number of allylic oxidation sites excluding steroid dienone is 8. The molecule has 2 aliphatic rings. The molecule has 0 radical (unpaired) electrons. The summed E-state index contributed by atoms with van der Waals surface area (Å²) in [5.41, 5.74) is 19.8. The van der Waals surface area contributed by atoms with Gasteiger partial charge in [0.05, 0.1) is 11.4 Å². The predicted octanol–water partition coefficient (Wildman–Crippen LogP) is 14.2. The summed E-state index contributed by atoms with van der Waals surface area (Å²) >= 11 is 0. The van der Waals surface area contributed by atoms with Crippen LogP contribution in [-0.4, -0.2) is 9.97 Å². The number of aromatic nitrogens is 2. The van der Waals surface area contributed by atoms with Crippen LogP contribution in [0, 0.1) is 13.8 Å². The monoisotopic (exact) mass is 747 g/mol. The van der Waals surface area contributed by atoms with Crippen LogP contribution in [0.15, 0.2) is 199 Å². The minimum absolute atomic E-state index is 0.752. The second-order valence-electron chi connectivity index (χ2n) is 15.1. The highest BCUT2D eigenvalue weighted by Crippen LogP contribution is 2.43. The Balaban J connectivity index is 0.984. The first kappa shape index (κ1) is 36.5. The molecule has 1 aromatic heterocycles. The second-order valence-corrected chi connectivity index (χ2v) is 15.1. The van der Waals surface area contributed by atoms with Gasteiger partial charge >= 0.3 is 0 Å². The number of aryl methyl sites for hydroxylation is 2. The fourth-order valence-electron chi connectivity index (χ4n) is 8.18. The van der Waals surface area contributed by atoms with Gasteiger partial charge in [-0.1, -0.05) is 170 Å². The van der Waals surface area contributed by atoms with Gasteiger partial charge in [-0.25, -0.2) is 9.97 Å². The summed E-state index contributed by atoms with van der Waals surface area (Å²) in [6.45, 7) is 4.37. The molecule has 0 aliphatic heterocycles. The summed E-state index contributed by atoms with van der Waals surface area (Å²) in [7, 11) is 0. The van der Waals surface area contributed by atoms with E-state index >= 15 is 0 Å². The molecular formula is C55H45N3. The van der Waals surface area contributed by atoms with Crippen molar-refractivity contribution in [2.75, 3.05) is 5.32 Å². The zero-order chi connectivity index (χ0) is 39.3. The molecule has 0 atom stereocenters. The first-order chi connectivity index (χ1) is 28.6. The van der Waals surface area contributed by atoms with Crippen LogP contribution >= 0.6 is 0 Å². The molecule has 0 saturated heterocycles. The summed E-state index contributed by atoms with van der Waals surface area (Å²) in [6.07, 6.45) is 20.3. The largest absolute Gasteiger partial charge is 0.362 e. The molecule has 280 valence electrons. The Labute approximate surface area is 342 Å². The van der Waals surface area contributed by atoms with Crippen molar-refractivity contribution in [3.05, 3.63) is 227 Å². The minimum atomic E-state index is 0.752. The minimum Gasteiger partial charge on any atom is -0.362 e. The van der Waals surface area contributed by atoms with E-state index in [1.807, 2.05) is 6.20 Å². The normalized spacial score (nSPS) is 13.5. The number of hydrogen-bond donors (Lipinski definition) is 1. The number of nitrogens with zero attached hydrogens (tertiary/aromatic N) is 2. The van der Waals surface area contributed by atoms with E-state index in [2.05, 4.69) is 207 Å². The van der Waals surface area contributed by atoms with Gasteiger partial charge in [-0.15, -0.1) is 0 Å². The maximum Gasteiger partial charge on any atom is 0.161 e. The highest BCUT2D eigenvalue weighted by molar-refractivity contribution is 5.88. The average molecular weight is 748 g/mol. The molecule has 1 heterocycles. The highest BCUT2D eigenvalue weighted by Gasteiger charge is 2.26. The van der Waals surface area contributed by atoms with Crippen molar-refractivity contribution in [1.82, 2.24) is 9.97 Å². The van der Waals surface area contributed by atoms with Crippen molar-refractivity contribution < 1.29 is 0 Å². The van der Waals surface area contributed by atoms with Gasteiger partial charge in [-0.3, -0.25) is 0 Å². The van der Waals surface area contributed by atoms with Crippen LogP contribution in [0.1, 0.15) is 40.7 Å². The Bertz CT molecular complexity index is 2770. The molecule has 0 spiro atoms. The summed E-state index contributed by atoms with van der Waals surface area (Å²) in [4.78, 5) is 10.7. The third-order valence-corrected chi connectivity index (χ3v) is 11.2. The van der Waals surface area contributed by atoms with Gasteiger partial charge in [-0.2, -0.15) is 0 Å². The van der Waals surface area contributed by atoms with E-state index in [-0.39, 0.29) is 0 Å². The Morgan fingerprint density at radius 3 is 2.14 bits per heavy atom. The van der Waals surface area contributed by atoms with Gasteiger partial charge in [0.15, 0.2) is 5.82 Å². The van der Waals surface area contributed by atoms with Gasteiger partial charge in [0.25, 0.3) is 0 Å². The van der Waals surface area contributed by atoms with Crippen LogP contribution in [-0.2, 0) is 6.42 Å². The van der Waals surface area contributed by atoms with Gasteiger partial charge in [0.2, 0.25) is 0 Å². The molecule has 6 aromatic carbocycles. The maximum atomic E-state index is 5.33. The molecule has 1 N–H and O–H groups in total. The van der Waals surface area contributed by atoms with E-state index in [0.717, 1.165) is 58.9 Å². The van der Waals surface area contributed by atoms with Crippen molar-refractivity contribution in [3.63, 3.8) is 0 Å². The quantitative estimate of drug-likeness (QED) is 0.142. The van der Waals surface area contributed by atoms with Crippen molar-refractivity contribution in [2.45, 2.75) is 33.1 Å². The number of benzene rings is 6. The van der Waals surface area contributed by atoms with E-state index in [1.165, 1.54) is 61.2 Å². The van der Waals surface area contributed by atoms with Gasteiger partial charge < -0.3 is 5.32 Å². The van der Waals surface area contributed by atoms with E-state index < -0.39 is 0 Å². The van der Waals surface area contributed by atoms with Crippen molar-refractivity contribution >= 4 is 11.8 Å². The van der Waals surface area contributed by atoms with E-state index in [1.54, 1.807) is 0 Å².